The average molecular weight is 218 g/mol. The van der Waals surface area contributed by atoms with Crippen molar-refractivity contribution in [2.45, 2.75) is 0 Å². The van der Waals surface area contributed by atoms with Crippen molar-refractivity contribution in [1.29, 1.82) is 0 Å². The van der Waals surface area contributed by atoms with Crippen LogP contribution < -0.4 is 4.74 Å². The summed E-state index contributed by atoms with van der Waals surface area (Å²) in [5.41, 5.74) is -0.101. The van der Waals surface area contributed by atoms with E-state index in [1.807, 2.05) is 0 Å². The van der Waals surface area contributed by atoms with Crippen molar-refractivity contribution in [2.24, 2.45) is 0 Å². The summed E-state index contributed by atoms with van der Waals surface area (Å²) < 4.78 is 5.02. The van der Waals surface area contributed by atoms with E-state index in [4.69, 9.17) is 9.84 Å². The van der Waals surface area contributed by atoms with Gasteiger partial charge >= 0.3 is 5.97 Å². The minimum atomic E-state index is -1.16. The minimum absolute atomic E-state index is 0.101. The molecule has 4 heteroatoms. The summed E-state index contributed by atoms with van der Waals surface area (Å²) in [6.45, 7) is 0. The molecule has 0 fully saturated rings. The molecule has 0 amide bonds. The van der Waals surface area contributed by atoms with Gasteiger partial charge in [-0.05, 0) is 23.6 Å². The van der Waals surface area contributed by atoms with E-state index < -0.39 is 5.97 Å². The van der Waals surface area contributed by atoms with E-state index in [2.05, 4.69) is 0 Å². The Morgan fingerprint density at radius 3 is 2.56 bits per heavy atom. The van der Waals surface area contributed by atoms with Crippen molar-refractivity contribution in [1.82, 2.24) is 0 Å². The molecule has 82 valence electrons. The third-order valence-corrected chi connectivity index (χ3v) is 2.42. The number of rotatable bonds is 2. The van der Waals surface area contributed by atoms with Gasteiger partial charge in [0.05, 0.1) is 7.11 Å². The number of benzene rings is 2. The molecule has 0 saturated heterocycles. The van der Waals surface area contributed by atoms with Gasteiger partial charge in [-0.3, -0.25) is 0 Å². The number of methoxy groups -OCH3 is 1. The van der Waals surface area contributed by atoms with Crippen molar-refractivity contribution < 1.29 is 19.7 Å². The summed E-state index contributed by atoms with van der Waals surface area (Å²) in [4.78, 5) is 11.0. The van der Waals surface area contributed by atoms with Crippen LogP contribution in [0.25, 0.3) is 10.8 Å². The quantitative estimate of drug-likeness (QED) is 0.811. The van der Waals surface area contributed by atoms with Gasteiger partial charge in [-0.2, -0.15) is 0 Å². The summed E-state index contributed by atoms with van der Waals surface area (Å²) in [6.07, 6.45) is 0. The van der Waals surface area contributed by atoms with Crippen molar-refractivity contribution in [3.63, 3.8) is 0 Å². The highest BCUT2D eigenvalue weighted by Gasteiger charge is 2.14. The number of fused-ring (bicyclic) bond motifs is 1. The van der Waals surface area contributed by atoms with Crippen LogP contribution in [-0.2, 0) is 0 Å². The van der Waals surface area contributed by atoms with Crippen LogP contribution in [0.1, 0.15) is 10.4 Å². The summed E-state index contributed by atoms with van der Waals surface area (Å²) in [5.74, 6) is -0.842. The second kappa shape index (κ2) is 3.73. The van der Waals surface area contributed by atoms with Crippen LogP contribution in [0.4, 0.5) is 0 Å². The predicted octanol–water partition coefficient (Wildman–Crippen LogP) is 2.25. The van der Waals surface area contributed by atoms with Crippen LogP contribution >= 0.6 is 0 Å². The van der Waals surface area contributed by atoms with E-state index in [9.17, 15) is 9.90 Å². The second-order valence-corrected chi connectivity index (χ2v) is 3.35. The SMILES string of the molecule is COc1ccc2ccc(O)c(C(=O)O)c2c1. The lowest BCUT2D eigenvalue weighted by Gasteiger charge is -2.06. The molecule has 0 aliphatic heterocycles. The van der Waals surface area contributed by atoms with Gasteiger partial charge in [-0.1, -0.05) is 12.1 Å². The van der Waals surface area contributed by atoms with E-state index in [1.54, 1.807) is 24.3 Å². The Bertz CT molecular complexity index is 560. The van der Waals surface area contributed by atoms with Gasteiger partial charge < -0.3 is 14.9 Å². The maximum atomic E-state index is 11.0. The van der Waals surface area contributed by atoms with E-state index in [-0.39, 0.29) is 11.3 Å². The first-order valence-electron chi connectivity index (χ1n) is 4.66. The number of ether oxygens (including phenoxy) is 1. The second-order valence-electron chi connectivity index (χ2n) is 3.35. The topological polar surface area (TPSA) is 66.8 Å². The molecular weight excluding hydrogens is 208 g/mol. The maximum Gasteiger partial charge on any atom is 0.340 e. The minimum Gasteiger partial charge on any atom is -0.507 e. The molecule has 0 aliphatic carbocycles. The zero-order valence-corrected chi connectivity index (χ0v) is 8.60. The number of aromatic carboxylic acids is 1. The van der Waals surface area contributed by atoms with Crippen molar-refractivity contribution in [2.75, 3.05) is 7.11 Å². The number of phenols is 1. The van der Waals surface area contributed by atoms with Crippen LogP contribution in [0.2, 0.25) is 0 Å². The lowest BCUT2D eigenvalue weighted by atomic mass is 10.0. The summed E-state index contributed by atoms with van der Waals surface area (Å²) >= 11 is 0. The van der Waals surface area contributed by atoms with Crippen LogP contribution in [0.3, 0.4) is 0 Å². The molecule has 0 spiro atoms. The van der Waals surface area contributed by atoms with Crippen LogP contribution in [0, 0.1) is 0 Å². The fraction of sp³-hybridized carbons (Fsp3) is 0.0833. The van der Waals surface area contributed by atoms with E-state index in [0.29, 0.717) is 11.1 Å². The molecule has 0 radical (unpaired) electrons. The average Bonchev–Trinajstić information content (AvgIpc) is 2.27. The van der Waals surface area contributed by atoms with Crippen LogP contribution in [0.15, 0.2) is 30.3 Å². The van der Waals surface area contributed by atoms with E-state index >= 15 is 0 Å². The molecule has 2 rings (SSSR count). The first kappa shape index (κ1) is 10.3. The Balaban J connectivity index is 2.83. The fourth-order valence-corrected chi connectivity index (χ4v) is 1.64. The smallest absolute Gasteiger partial charge is 0.340 e. The molecule has 0 saturated carbocycles. The summed E-state index contributed by atoms with van der Waals surface area (Å²) in [6, 6.07) is 8.12. The predicted molar refractivity (Wildman–Crippen MR) is 59.1 cm³/mol. The normalized spacial score (nSPS) is 10.3. The van der Waals surface area contributed by atoms with Crippen molar-refractivity contribution in [3.8, 4) is 11.5 Å². The molecule has 16 heavy (non-hydrogen) atoms. The summed E-state index contributed by atoms with van der Waals surface area (Å²) in [5, 5.41) is 19.8. The third kappa shape index (κ3) is 1.54. The molecule has 0 aromatic heterocycles. The third-order valence-electron chi connectivity index (χ3n) is 2.42. The standard InChI is InChI=1S/C12H10O4/c1-16-8-4-2-7-3-5-10(13)11(12(14)15)9(7)6-8/h2-6,13H,1H3,(H,14,15). The number of carboxylic acids is 1. The van der Waals surface area contributed by atoms with Gasteiger partial charge in [0.2, 0.25) is 0 Å². The van der Waals surface area contributed by atoms with Gasteiger partial charge in [0, 0.05) is 5.39 Å². The summed E-state index contributed by atoms with van der Waals surface area (Å²) in [7, 11) is 1.50. The molecule has 2 aromatic carbocycles. The van der Waals surface area contributed by atoms with Gasteiger partial charge in [0.15, 0.2) is 0 Å². The highest BCUT2D eigenvalue weighted by atomic mass is 16.5. The maximum absolute atomic E-state index is 11.0. The van der Waals surface area contributed by atoms with Gasteiger partial charge in [0.25, 0.3) is 0 Å². The highest BCUT2D eigenvalue weighted by Crippen LogP contribution is 2.29. The molecular formula is C12H10O4. The Hall–Kier alpha value is -2.23. The van der Waals surface area contributed by atoms with Gasteiger partial charge in [-0.25, -0.2) is 4.79 Å². The number of aromatic hydroxyl groups is 1. The van der Waals surface area contributed by atoms with E-state index in [0.717, 1.165) is 5.39 Å². The first-order chi connectivity index (χ1) is 7.63. The number of hydrogen-bond donors (Lipinski definition) is 2. The van der Waals surface area contributed by atoms with Crippen LogP contribution in [0.5, 0.6) is 11.5 Å². The van der Waals surface area contributed by atoms with Crippen LogP contribution in [-0.4, -0.2) is 23.3 Å². The van der Waals surface area contributed by atoms with Crippen molar-refractivity contribution >= 4 is 16.7 Å². The Morgan fingerprint density at radius 1 is 1.25 bits per heavy atom. The van der Waals surface area contributed by atoms with Gasteiger partial charge in [0.1, 0.15) is 17.1 Å². The molecule has 0 unspecified atom stereocenters. The lowest BCUT2D eigenvalue weighted by Crippen LogP contribution is -1.98. The Morgan fingerprint density at radius 2 is 1.94 bits per heavy atom. The van der Waals surface area contributed by atoms with Crippen molar-refractivity contribution in [3.05, 3.63) is 35.9 Å². The molecule has 2 N–H and O–H groups in total. The molecule has 0 atom stereocenters. The molecule has 4 nitrogen and oxygen atoms in total. The Kier molecular flexibility index (Phi) is 2.40. The largest absolute Gasteiger partial charge is 0.507 e. The molecule has 2 aromatic rings. The number of carboxylic acid groups (broad SMARTS) is 1. The zero-order chi connectivity index (χ0) is 11.7. The highest BCUT2D eigenvalue weighted by molar-refractivity contribution is 6.06. The fourth-order valence-electron chi connectivity index (χ4n) is 1.64. The first-order valence-corrected chi connectivity index (χ1v) is 4.66. The molecule has 0 aliphatic rings. The lowest BCUT2D eigenvalue weighted by molar-refractivity contribution is 0.0696. The molecule has 0 bridgehead atoms. The number of carbonyl (C=O) groups is 1. The zero-order valence-electron chi connectivity index (χ0n) is 8.60. The number of hydrogen-bond acceptors (Lipinski definition) is 3. The monoisotopic (exact) mass is 218 g/mol. The van der Waals surface area contributed by atoms with E-state index in [1.165, 1.54) is 13.2 Å². The Labute approximate surface area is 91.7 Å². The van der Waals surface area contributed by atoms with Gasteiger partial charge in [-0.15, -0.1) is 0 Å². The molecule has 0 heterocycles.